The lowest BCUT2D eigenvalue weighted by molar-refractivity contribution is -0.129. The average molecular weight is 401 g/mol. The molecule has 0 heterocycles. The molecule has 0 bridgehead atoms. The number of hydrogen-bond acceptors (Lipinski definition) is 1. The van der Waals surface area contributed by atoms with Gasteiger partial charge in [0.05, 0.1) is 6.10 Å². The van der Waals surface area contributed by atoms with Crippen LogP contribution in [0.1, 0.15) is 105 Å². The lowest BCUT2D eigenvalue weighted by atomic mass is 9.44. The van der Waals surface area contributed by atoms with Crippen molar-refractivity contribution < 1.29 is 5.11 Å². The Balaban J connectivity index is 1.30. The van der Waals surface area contributed by atoms with E-state index in [0.717, 1.165) is 66.1 Å². The molecule has 5 aliphatic rings. The SMILES string of the molecule is CC(C)[C@H]1C[C@@H]1C[C@@H](C)[C@H]1CC[C@H]2[C@@H]3CC[C@@H]4C[C@@H](O)CC[C@]4(C)[C@H]3CC[C@]12C. The first-order chi connectivity index (χ1) is 13.7. The van der Waals surface area contributed by atoms with Gasteiger partial charge >= 0.3 is 0 Å². The van der Waals surface area contributed by atoms with Crippen LogP contribution in [-0.2, 0) is 0 Å². The minimum absolute atomic E-state index is 0.00715. The first-order valence-electron chi connectivity index (χ1n) is 13.4. The maximum atomic E-state index is 10.3. The van der Waals surface area contributed by atoms with Crippen LogP contribution in [0.5, 0.6) is 0 Å². The fourth-order valence-corrected chi connectivity index (χ4v) is 10.2. The monoisotopic (exact) mass is 400 g/mol. The van der Waals surface area contributed by atoms with E-state index in [1.807, 2.05) is 0 Å². The van der Waals surface area contributed by atoms with E-state index in [1.54, 1.807) is 0 Å². The molecule has 0 aromatic carbocycles. The van der Waals surface area contributed by atoms with E-state index in [0.29, 0.717) is 10.8 Å². The Bertz CT molecular complexity index is 611. The summed E-state index contributed by atoms with van der Waals surface area (Å²) in [6.45, 7) is 12.9. The first-order valence-corrected chi connectivity index (χ1v) is 13.4. The summed E-state index contributed by atoms with van der Waals surface area (Å²) in [5.74, 6) is 8.66. The Morgan fingerprint density at radius 1 is 0.828 bits per heavy atom. The molecule has 1 N–H and O–H groups in total. The zero-order valence-electron chi connectivity index (χ0n) is 20.0. The van der Waals surface area contributed by atoms with Crippen molar-refractivity contribution in [3.05, 3.63) is 0 Å². The van der Waals surface area contributed by atoms with Crippen LogP contribution in [0, 0.1) is 64.1 Å². The van der Waals surface area contributed by atoms with Gasteiger partial charge in [0.15, 0.2) is 0 Å². The minimum Gasteiger partial charge on any atom is -0.393 e. The van der Waals surface area contributed by atoms with Crippen molar-refractivity contribution >= 4 is 0 Å². The van der Waals surface area contributed by atoms with Crippen molar-refractivity contribution in [3.8, 4) is 0 Å². The van der Waals surface area contributed by atoms with E-state index < -0.39 is 0 Å². The second kappa shape index (κ2) is 7.25. The van der Waals surface area contributed by atoms with Crippen molar-refractivity contribution in [1.29, 1.82) is 0 Å². The van der Waals surface area contributed by atoms with Crippen LogP contribution in [0.2, 0.25) is 0 Å². The molecule has 1 heteroatoms. The zero-order chi connectivity index (χ0) is 20.6. The van der Waals surface area contributed by atoms with Gasteiger partial charge in [-0.15, -0.1) is 0 Å². The Kier molecular flexibility index (Phi) is 5.21. The lowest BCUT2D eigenvalue weighted by Crippen LogP contribution is -2.54. The standard InChI is InChI=1S/C28H48O/c1-17(2)23-15-19(23)14-18(3)24-8-9-25-22-7-6-20-16-21(29)10-12-27(20,4)26(22)11-13-28(24,25)5/h17-26,29H,6-16H2,1-5H3/t18-,19+,20-,21+,22+,23-,24-,25+,26+,27+,28-/m1/s1. The maximum Gasteiger partial charge on any atom is 0.0543 e. The molecule has 5 saturated carbocycles. The molecule has 0 amide bonds. The smallest absolute Gasteiger partial charge is 0.0543 e. The third-order valence-corrected chi connectivity index (χ3v) is 11.9. The van der Waals surface area contributed by atoms with Crippen molar-refractivity contribution in [1.82, 2.24) is 0 Å². The van der Waals surface area contributed by atoms with Crippen LogP contribution in [0.15, 0.2) is 0 Å². The number of rotatable bonds is 4. The van der Waals surface area contributed by atoms with Crippen molar-refractivity contribution in [3.63, 3.8) is 0 Å². The largest absolute Gasteiger partial charge is 0.393 e. The average Bonchev–Trinajstić information content (AvgIpc) is 3.34. The van der Waals surface area contributed by atoms with Crippen molar-refractivity contribution in [2.75, 3.05) is 0 Å². The summed E-state index contributed by atoms with van der Waals surface area (Å²) in [4.78, 5) is 0. The Morgan fingerprint density at radius 2 is 1.55 bits per heavy atom. The van der Waals surface area contributed by atoms with E-state index in [9.17, 15) is 5.11 Å². The molecule has 29 heavy (non-hydrogen) atoms. The summed E-state index contributed by atoms with van der Waals surface area (Å²) in [7, 11) is 0. The summed E-state index contributed by atoms with van der Waals surface area (Å²) < 4.78 is 0. The van der Waals surface area contributed by atoms with E-state index in [2.05, 4.69) is 34.6 Å². The van der Waals surface area contributed by atoms with Gasteiger partial charge in [0.2, 0.25) is 0 Å². The lowest BCUT2D eigenvalue weighted by Gasteiger charge is -2.61. The van der Waals surface area contributed by atoms with Crippen LogP contribution < -0.4 is 0 Å². The van der Waals surface area contributed by atoms with E-state index >= 15 is 0 Å². The minimum atomic E-state index is -0.00715. The molecule has 0 radical (unpaired) electrons. The second-order valence-electron chi connectivity index (χ2n) is 13.4. The molecule has 0 aromatic heterocycles. The van der Waals surface area contributed by atoms with Gasteiger partial charge in [0.1, 0.15) is 0 Å². The first kappa shape index (κ1) is 20.8. The van der Waals surface area contributed by atoms with Gasteiger partial charge in [-0.1, -0.05) is 34.6 Å². The molecule has 0 saturated heterocycles. The predicted molar refractivity (Wildman–Crippen MR) is 121 cm³/mol. The van der Waals surface area contributed by atoms with Crippen LogP contribution in [0.4, 0.5) is 0 Å². The fourth-order valence-electron chi connectivity index (χ4n) is 10.2. The molecule has 166 valence electrons. The highest BCUT2D eigenvalue weighted by Gasteiger charge is 2.60. The molecule has 0 aromatic rings. The number of aliphatic hydroxyl groups excluding tert-OH is 1. The van der Waals surface area contributed by atoms with Gasteiger partial charge in [-0.25, -0.2) is 0 Å². The molecular weight excluding hydrogens is 352 g/mol. The predicted octanol–water partition coefficient (Wildman–Crippen LogP) is 7.32. The number of hydrogen-bond donors (Lipinski definition) is 1. The van der Waals surface area contributed by atoms with Gasteiger partial charge in [-0.2, -0.15) is 0 Å². The van der Waals surface area contributed by atoms with Gasteiger partial charge in [-0.05, 0) is 135 Å². The molecule has 11 atom stereocenters. The number of aliphatic hydroxyl groups is 1. The van der Waals surface area contributed by atoms with Crippen LogP contribution in [-0.4, -0.2) is 11.2 Å². The molecule has 0 spiro atoms. The quantitative estimate of drug-likeness (QED) is 0.524. The maximum absolute atomic E-state index is 10.3. The third kappa shape index (κ3) is 3.27. The molecule has 0 aliphatic heterocycles. The van der Waals surface area contributed by atoms with Crippen LogP contribution in [0.25, 0.3) is 0 Å². The summed E-state index contributed by atoms with van der Waals surface area (Å²) in [6, 6.07) is 0. The Labute approximate surface area is 180 Å². The highest BCUT2D eigenvalue weighted by atomic mass is 16.3. The Hall–Kier alpha value is -0.0400. The van der Waals surface area contributed by atoms with E-state index in [-0.39, 0.29) is 6.10 Å². The van der Waals surface area contributed by atoms with Gasteiger partial charge < -0.3 is 5.11 Å². The normalized spacial score (nSPS) is 55.1. The third-order valence-electron chi connectivity index (χ3n) is 11.9. The summed E-state index contributed by atoms with van der Waals surface area (Å²) >= 11 is 0. The molecule has 5 aliphatic carbocycles. The topological polar surface area (TPSA) is 20.2 Å². The molecule has 5 rings (SSSR count). The fraction of sp³-hybridized carbons (Fsp3) is 1.00. The van der Waals surface area contributed by atoms with Gasteiger partial charge in [-0.3, -0.25) is 0 Å². The summed E-state index contributed by atoms with van der Waals surface area (Å²) in [5.41, 5.74) is 1.16. The van der Waals surface area contributed by atoms with Crippen LogP contribution in [0.3, 0.4) is 0 Å². The van der Waals surface area contributed by atoms with Crippen molar-refractivity contribution in [2.24, 2.45) is 64.1 Å². The highest BCUT2D eigenvalue weighted by Crippen LogP contribution is 2.68. The molecular formula is C28H48O. The van der Waals surface area contributed by atoms with E-state index in [4.69, 9.17) is 0 Å². The second-order valence-corrected chi connectivity index (χ2v) is 13.4. The molecule has 1 nitrogen and oxygen atoms in total. The van der Waals surface area contributed by atoms with Gasteiger partial charge in [0, 0.05) is 0 Å². The summed E-state index contributed by atoms with van der Waals surface area (Å²) in [5, 5.41) is 10.3. The molecule has 0 unspecified atom stereocenters. The zero-order valence-corrected chi connectivity index (χ0v) is 20.0. The number of fused-ring (bicyclic) bond motifs is 5. The molecule has 5 fully saturated rings. The van der Waals surface area contributed by atoms with Gasteiger partial charge in [0.25, 0.3) is 0 Å². The van der Waals surface area contributed by atoms with Crippen LogP contribution >= 0.6 is 0 Å². The van der Waals surface area contributed by atoms with E-state index in [1.165, 1.54) is 57.8 Å². The Morgan fingerprint density at radius 3 is 2.28 bits per heavy atom. The van der Waals surface area contributed by atoms with Crippen molar-refractivity contribution in [2.45, 2.75) is 111 Å². The summed E-state index contributed by atoms with van der Waals surface area (Å²) in [6.07, 6.45) is 15.4. The highest BCUT2D eigenvalue weighted by molar-refractivity contribution is 5.10.